The van der Waals surface area contributed by atoms with Crippen molar-refractivity contribution < 1.29 is 18.0 Å². The maximum atomic E-state index is 14.2. The highest BCUT2D eigenvalue weighted by molar-refractivity contribution is 7.92. The molecule has 4 rings (SSSR count). The van der Waals surface area contributed by atoms with Crippen LogP contribution in [0.2, 0.25) is 0 Å². The van der Waals surface area contributed by atoms with Crippen LogP contribution in [0.5, 0.6) is 0 Å². The number of hydrogen-bond acceptors (Lipinski definition) is 4. The molecule has 0 aromatic heterocycles. The van der Waals surface area contributed by atoms with Gasteiger partial charge in [-0.1, -0.05) is 79.6 Å². The lowest BCUT2D eigenvalue weighted by atomic mass is 10.0. The summed E-state index contributed by atoms with van der Waals surface area (Å²) in [5.41, 5.74) is 4.13. The van der Waals surface area contributed by atoms with Gasteiger partial charge in [0, 0.05) is 19.0 Å². The first-order valence-corrected chi connectivity index (χ1v) is 15.7. The predicted molar refractivity (Wildman–Crippen MR) is 159 cm³/mol. The molecule has 212 valence electrons. The third kappa shape index (κ3) is 7.72. The van der Waals surface area contributed by atoms with Gasteiger partial charge in [0.2, 0.25) is 21.8 Å². The molecule has 0 spiro atoms. The second-order valence-corrected chi connectivity index (χ2v) is 12.7. The lowest BCUT2D eigenvalue weighted by Crippen LogP contribution is -2.54. The first-order chi connectivity index (χ1) is 19.1. The van der Waals surface area contributed by atoms with E-state index in [-0.39, 0.29) is 18.5 Å². The van der Waals surface area contributed by atoms with Crippen LogP contribution in [0.15, 0.2) is 78.9 Å². The largest absolute Gasteiger partial charge is 0.352 e. The molecule has 3 aromatic carbocycles. The Kier molecular flexibility index (Phi) is 9.63. The summed E-state index contributed by atoms with van der Waals surface area (Å²) in [6.45, 7) is 3.63. The van der Waals surface area contributed by atoms with Crippen molar-refractivity contribution in [2.45, 2.75) is 64.6 Å². The summed E-state index contributed by atoms with van der Waals surface area (Å²) in [6.07, 6.45) is 5.40. The molecule has 3 aromatic rings. The number of anilines is 1. The maximum absolute atomic E-state index is 14.2. The molecule has 1 fully saturated rings. The molecule has 1 atom stereocenters. The number of amides is 2. The molecule has 7 nitrogen and oxygen atoms in total. The Balaban J connectivity index is 1.73. The zero-order valence-corrected chi connectivity index (χ0v) is 24.4. The van der Waals surface area contributed by atoms with Gasteiger partial charge in [-0.25, -0.2) is 8.42 Å². The molecule has 1 aliphatic carbocycles. The molecule has 0 saturated heterocycles. The van der Waals surface area contributed by atoms with E-state index in [4.69, 9.17) is 0 Å². The number of sulfonamides is 1. The van der Waals surface area contributed by atoms with Gasteiger partial charge in [0.25, 0.3) is 0 Å². The smallest absolute Gasteiger partial charge is 0.244 e. The van der Waals surface area contributed by atoms with Crippen LogP contribution < -0.4 is 9.62 Å². The second kappa shape index (κ2) is 13.1. The molecule has 1 N–H and O–H groups in total. The van der Waals surface area contributed by atoms with Gasteiger partial charge in [0.05, 0.1) is 11.9 Å². The van der Waals surface area contributed by atoms with Gasteiger partial charge < -0.3 is 10.2 Å². The average Bonchev–Trinajstić information content (AvgIpc) is 3.43. The summed E-state index contributed by atoms with van der Waals surface area (Å²) in [4.78, 5) is 29.6. The van der Waals surface area contributed by atoms with Crippen LogP contribution in [0.25, 0.3) is 0 Å². The predicted octanol–water partition coefficient (Wildman–Crippen LogP) is 4.77. The van der Waals surface area contributed by atoms with Crippen molar-refractivity contribution in [1.29, 1.82) is 0 Å². The Morgan fingerprint density at radius 3 is 2.25 bits per heavy atom. The highest BCUT2D eigenvalue weighted by Crippen LogP contribution is 2.23. The summed E-state index contributed by atoms with van der Waals surface area (Å²) in [7, 11) is -3.78. The molecule has 0 heterocycles. The normalized spacial score (nSPS) is 14.5. The minimum absolute atomic E-state index is 0.0843. The fourth-order valence-electron chi connectivity index (χ4n) is 5.29. The van der Waals surface area contributed by atoms with Gasteiger partial charge in [-0.05, 0) is 61.1 Å². The molecule has 0 unspecified atom stereocenters. The standard InChI is InChI=1S/C32H39N3O4S/c1-24-12-11-19-29(20-24)35(40(3,38)39)23-31(36)34(22-27-16-8-7-13-25(27)2)30(21-26-14-5-4-6-15-26)32(37)33-28-17-9-10-18-28/h4-8,11-16,19-20,28,30H,9-10,17-18,21-23H2,1-3H3,(H,33,37)/t30-/m0/s1. The zero-order chi connectivity index (χ0) is 28.7. The summed E-state index contributed by atoms with van der Waals surface area (Å²) in [6, 6.07) is 23.7. The second-order valence-electron chi connectivity index (χ2n) is 10.8. The zero-order valence-electron chi connectivity index (χ0n) is 23.5. The molecule has 0 radical (unpaired) electrons. The molecule has 40 heavy (non-hydrogen) atoms. The number of aryl methyl sites for hydroxylation is 2. The van der Waals surface area contributed by atoms with E-state index in [1.807, 2.05) is 74.5 Å². The number of rotatable bonds is 11. The van der Waals surface area contributed by atoms with Crippen LogP contribution in [0.3, 0.4) is 0 Å². The van der Waals surface area contributed by atoms with E-state index in [1.54, 1.807) is 23.1 Å². The summed E-state index contributed by atoms with van der Waals surface area (Å²) in [5.74, 6) is -0.642. The Hall–Kier alpha value is -3.65. The fourth-order valence-corrected chi connectivity index (χ4v) is 6.13. The minimum atomic E-state index is -3.78. The quantitative estimate of drug-likeness (QED) is 0.366. The van der Waals surface area contributed by atoms with Crippen molar-refractivity contribution >= 4 is 27.5 Å². The van der Waals surface area contributed by atoms with Crippen molar-refractivity contribution in [3.63, 3.8) is 0 Å². The molecule has 8 heteroatoms. The van der Waals surface area contributed by atoms with Gasteiger partial charge in [0.15, 0.2) is 0 Å². The van der Waals surface area contributed by atoms with Crippen molar-refractivity contribution in [2.24, 2.45) is 0 Å². The highest BCUT2D eigenvalue weighted by Gasteiger charge is 2.34. The number of nitrogens with zero attached hydrogens (tertiary/aromatic N) is 2. The monoisotopic (exact) mass is 561 g/mol. The first-order valence-electron chi connectivity index (χ1n) is 13.8. The highest BCUT2D eigenvalue weighted by atomic mass is 32.2. The van der Waals surface area contributed by atoms with Crippen LogP contribution in [-0.4, -0.2) is 50.0 Å². The van der Waals surface area contributed by atoms with Gasteiger partial charge in [-0.15, -0.1) is 0 Å². The Morgan fingerprint density at radius 1 is 0.925 bits per heavy atom. The number of carbonyl (C=O) groups excluding carboxylic acids is 2. The Morgan fingerprint density at radius 2 is 1.60 bits per heavy atom. The van der Waals surface area contributed by atoms with E-state index in [9.17, 15) is 18.0 Å². The number of benzene rings is 3. The van der Waals surface area contributed by atoms with Gasteiger partial charge >= 0.3 is 0 Å². The molecule has 2 amide bonds. The van der Waals surface area contributed by atoms with Crippen LogP contribution in [0, 0.1) is 13.8 Å². The van der Waals surface area contributed by atoms with E-state index in [1.165, 1.54) is 0 Å². The van der Waals surface area contributed by atoms with Crippen LogP contribution in [0.4, 0.5) is 5.69 Å². The average molecular weight is 562 g/mol. The first kappa shape index (κ1) is 29.3. The minimum Gasteiger partial charge on any atom is -0.352 e. The topological polar surface area (TPSA) is 86.8 Å². The third-order valence-electron chi connectivity index (χ3n) is 7.54. The summed E-state index contributed by atoms with van der Waals surface area (Å²) in [5, 5.41) is 3.19. The Bertz CT molecular complexity index is 1420. The van der Waals surface area contributed by atoms with Crippen LogP contribution in [-0.2, 0) is 32.6 Å². The van der Waals surface area contributed by atoms with Crippen LogP contribution in [0.1, 0.15) is 47.9 Å². The van der Waals surface area contributed by atoms with E-state index in [2.05, 4.69) is 5.32 Å². The van der Waals surface area contributed by atoms with Crippen molar-refractivity contribution in [1.82, 2.24) is 10.2 Å². The maximum Gasteiger partial charge on any atom is 0.244 e. The molecule has 1 aliphatic rings. The van der Waals surface area contributed by atoms with Gasteiger partial charge in [0.1, 0.15) is 12.6 Å². The number of hydrogen-bond donors (Lipinski definition) is 1. The van der Waals surface area contributed by atoms with E-state index >= 15 is 0 Å². The SMILES string of the molecule is Cc1cccc(N(CC(=O)N(Cc2ccccc2C)[C@@H](Cc2ccccc2)C(=O)NC2CCCC2)S(C)(=O)=O)c1. The third-order valence-corrected chi connectivity index (χ3v) is 8.68. The lowest BCUT2D eigenvalue weighted by molar-refractivity contribution is -0.140. The number of nitrogens with one attached hydrogen (secondary N) is 1. The van der Waals surface area contributed by atoms with Crippen molar-refractivity contribution in [3.8, 4) is 0 Å². The lowest BCUT2D eigenvalue weighted by Gasteiger charge is -2.34. The summed E-state index contributed by atoms with van der Waals surface area (Å²) < 4.78 is 27.0. The molecular formula is C32H39N3O4S. The van der Waals surface area contributed by atoms with Gasteiger partial charge in [-0.2, -0.15) is 0 Å². The van der Waals surface area contributed by atoms with E-state index in [0.717, 1.165) is 58.5 Å². The van der Waals surface area contributed by atoms with E-state index in [0.29, 0.717) is 12.1 Å². The molecule has 0 bridgehead atoms. The van der Waals surface area contributed by atoms with Crippen molar-refractivity contribution in [2.75, 3.05) is 17.1 Å². The molecular weight excluding hydrogens is 522 g/mol. The molecule has 0 aliphatic heterocycles. The fraction of sp³-hybridized carbons (Fsp3) is 0.375. The van der Waals surface area contributed by atoms with Gasteiger partial charge in [-0.3, -0.25) is 13.9 Å². The molecule has 1 saturated carbocycles. The summed E-state index contributed by atoms with van der Waals surface area (Å²) >= 11 is 0. The number of carbonyl (C=O) groups is 2. The van der Waals surface area contributed by atoms with E-state index < -0.39 is 28.5 Å². The Labute approximate surface area is 238 Å². The van der Waals surface area contributed by atoms with Crippen molar-refractivity contribution in [3.05, 3.63) is 101 Å². The van der Waals surface area contributed by atoms with Crippen LogP contribution >= 0.6 is 0 Å².